The Labute approximate surface area is 134 Å². The summed E-state index contributed by atoms with van der Waals surface area (Å²) in [5.41, 5.74) is -2.04. The third-order valence-corrected chi connectivity index (χ3v) is 3.45. The number of aromatic nitrogens is 3. The largest absolute Gasteiger partial charge is 0.369 e. The second kappa shape index (κ2) is 5.80. The van der Waals surface area contributed by atoms with Gasteiger partial charge >= 0.3 is 11.4 Å². The summed E-state index contributed by atoms with van der Waals surface area (Å²) < 4.78 is 1.89. The first-order valence-electron chi connectivity index (χ1n) is 6.31. The second-order valence-electron chi connectivity index (χ2n) is 4.97. The van der Waals surface area contributed by atoms with Crippen molar-refractivity contribution in [2.75, 3.05) is 14.1 Å². The molecule has 0 radical (unpaired) electrons. The minimum absolute atomic E-state index is 0.0698. The highest BCUT2D eigenvalue weighted by Crippen LogP contribution is 2.36. The van der Waals surface area contributed by atoms with Gasteiger partial charge in [-0.25, -0.2) is 14.8 Å². The average molecular weight is 341 g/mol. The van der Waals surface area contributed by atoms with E-state index in [-0.39, 0.29) is 16.9 Å². The van der Waals surface area contributed by atoms with E-state index in [2.05, 4.69) is 9.98 Å². The van der Waals surface area contributed by atoms with Crippen molar-refractivity contribution in [1.29, 1.82) is 0 Å². The van der Waals surface area contributed by atoms with Crippen molar-refractivity contribution in [3.05, 3.63) is 36.0 Å². The van der Waals surface area contributed by atoms with E-state index in [4.69, 9.17) is 11.6 Å². The van der Waals surface area contributed by atoms with Crippen molar-refractivity contribution in [2.24, 2.45) is 19.1 Å². The van der Waals surface area contributed by atoms with Gasteiger partial charge in [-0.3, -0.25) is 24.0 Å². The summed E-state index contributed by atoms with van der Waals surface area (Å²) in [5, 5.41) is 10.7. The van der Waals surface area contributed by atoms with Gasteiger partial charge in [0.2, 0.25) is 5.82 Å². The predicted molar refractivity (Wildman–Crippen MR) is 85.7 cm³/mol. The number of fused-ring (bicyclic) bond motifs is 1. The van der Waals surface area contributed by atoms with Crippen LogP contribution in [0.2, 0.25) is 5.02 Å². The molecule has 0 aromatic carbocycles. The van der Waals surface area contributed by atoms with E-state index in [1.807, 2.05) is 0 Å². The lowest BCUT2D eigenvalue weighted by Crippen LogP contribution is -2.37. The zero-order chi connectivity index (χ0) is 17.5. The maximum atomic E-state index is 12.2. The second-order valence-corrected chi connectivity index (χ2v) is 5.35. The van der Waals surface area contributed by atoms with Crippen molar-refractivity contribution in [2.45, 2.75) is 0 Å². The van der Waals surface area contributed by atoms with Crippen molar-refractivity contribution in [3.8, 4) is 0 Å². The van der Waals surface area contributed by atoms with Gasteiger partial charge in [-0.2, -0.15) is 0 Å². The van der Waals surface area contributed by atoms with E-state index in [0.717, 1.165) is 9.13 Å². The van der Waals surface area contributed by atoms with Crippen molar-refractivity contribution >= 4 is 40.5 Å². The number of hydrogen-bond acceptors (Lipinski definition) is 6. The Morgan fingerprint density at radius 2 is 1.91 bits per heavy atom. The van der Waals surface area contributed by atoms with Crippen LogP contribution in [0.3, 0.4) is 0 Å². The van der Waals surface area contributed by atoms with Gasteiger partial charge in [0.15, 0.2) is 5.65 Å². The van der Waals surface area contributed by atoms with E-state index in [0.29, 0.717) is 0 Å². The van der Waals surface area contributed by atoms with E-state index in [1.54, 1.807) is 19.0 Å². The standard InChI is InChI=1S/C12H13ClN6O4/c1-16(2)5-14-9-8(19(22)23)7(13)6-10(15-9)17(3)12(21)18(4)11(6)20/h5H,1-4H3/b14-5+. The molecule has 0 aliphatic carbocycles. The van der Waals surface area contributed by atoms with Crippen molar-refractivity contribution < 1.29 is 4.92 Å². The molecule has 10 nitrogen and oxygen atoms in total. The predicted octanol–water partition coefficient (Wildman–Crippen LogP) is 0.415. The molecule has 0 amide bonds. The Bertz CT molecular complexity index is 959. The van der Waals surface area contributed by atoms with Crippen LogP contribution in [-0.2, 0) is 14.1 Å². The van der Waals surface area contributed by atoms with Crippen LogP contribution in [0.15, 0.2) is 14.6 Å². The van der Waals surface area contributed by atoms with Crippen LogP contribution in [0.25, 0.3) is 11.0 Å². The number of rotatable bonds is 3. The molecule has 2 aromatic heterocycles. The summed E-state index contributed by atoms with van der Waals surface area (Å²) in [6.07, 6.45) is 1.30. The van der Waals surface area contributed by atoms with Gasteiger partial charge in [-0.1, -0.05) is 11.6 Å². The average Bonchev–Trinajstić information content (AvgIpc) is 2.47. The number of aryl methyl sites for hydroxylation is 1. The molecule has 0 spiro atoms. The van der Waals surface area contributed by atoms with Gasteiger partial charge in [0.05, 0.1) is 11.3 Å². The van der Waals surface area contributed by atoms with Crippen LogP contribution < -0.4 is 11.2 Å². The fraction of sp³-hybridized carbons (Fsp3) is 0.333. The molecule has 122 valence electrons. The quantitative estimate of drug-likeness (QED) is 0.346. The molecule has 0 atom stereocenters. The maximum Gasteiger partial charge on any atom is 0.333 e. The molecular formula is C12H13ClN6O4. The van der Waals surface area contributed by atoms with Gasteiger partial charge in [-0.15, -0.1) is 0 Å². The molecule has 2 aromatic rings. The van der Waals surface area contributed by atoms with E-state index >= 15 is 0 Å². The molecule has 0 fully saturated rings. The molecule has 23 heavy (non-hydrogen) atoms. The molecule has 2 rings (SSSR count). The van der Waals surface area contributed by atoms with Crippen molar-refractivity contribution in [1.82, 2.24) is 19.0 Å². The Hall–Kier alpha value is -2.75. The van der Waals surface area contributed by atoms with Crippen LogP contribution in [-0.4, -0.2) is 44.4 Å². The van der Waals surface area contributed by atoms with Crippen LogP contribution >= 0.6 is 11.6 Å². The number of halogens is 1. The van der Waals surface area contributed by atoms with Crippen molar-refractivity contribution in [3.63, 3.8) is 0 Å². The molecular weight excluding hydrogens is 328 g/mol. The number of nitrogens with zero attached hydrogens (tertiary/aromatic N) is 6. The number of nitro groups is 1. The van der Waals surface area contributed by atoms with Crippen LogP contribution in [0, 0.1) is 10.1 Å². The topological polar surface area (TPSA) is 116 Å². The van der Waals surface area contributed by atoms with Gasteiger partial charge < -0.3 is 4.90 Å². The summed E-state index contributed by atoms with van der Waals surface area (Å²) in [6.45, 7) is 0. The van der Waals surface area contributed by atoms with E-state index in [9.17, 15) is 19.7 Å². The summed E-state index contributed by atoms with van der Waals surface area (Å²) >= 11 is 6.06. The lowest BCUT2D eigenvalue weighted by molar-refractivity contribution is -0.384. The lowest BCUT2D eigenvalue weighted by atomic mass is 10.3. The molecule has 0 aliphatic rings. The summed E-state index contributed by atoms with van der Waals surface area (Å²) in [5.74, 6) is -0.288. The van der Waals surface area contributed by atoms with Gasteiger partial charge in [-0.05, 0) is 0 Å². The summed E-state index contributed by atoms with van der Waals surface area (Å²) in [4.78, 5) is 44.2. The number of hydrogen-bond donors (Lipinski definition) is 0. The minimum Gasteiger partial charge on any atom is -0.369 e. The van der Waals surface area contributed by atoms with Crippen LogP contribution in [0.1, 0.15) is 0 Å². The first kappa shape index (κ1) is 16.6. The molecule has 2 heterocycles. The maximum absolute atomic E-state index is 12.2. The van der Waals surface area contributed by atoms with E-state index in [1.165, 1.54) is 20.4 Å². The first-order valence-corrected chi connectivity index (χ1v) is 6.68. The molecule has 0 bridgehead atoms. The third kappa shape index (κ3) is 2.68. The molecule has 0 aliphatic heterocycles. The highest BCUT2D eigenvalue weighted by atomic mass is 35.5. The highest BCUT2D eigenvalue weighted by Gasteiger charge is 2.27. The first-order chi connectivity index (χ1) is 10.7. The molecule has 11 heteroatoms. The Balaban J connectivity index is 3.06. The Kier molecular flexibility index (Phi) is 4.19. The Morgan fingerprint density at radius 1 is 1.30 bits per heavy atom. The lowest BCUT2D eigenvalue weighted by Gasteiger charge is -2.09. The SMILES string of the molecule is CN(C)/C=N/c1nc2c(c(Cl)c1[N+](=O)[O-])c(=O)n(C)c(=O)n2C. The fourth-order valence-corrected chi connectivity index (χ4v) is 2.27. The molecule has 0 N–H and O–H groups in total. The third-order valence-electron chi connectivity index (χ3n) is 3.08. The zero-order valence-electron chi connectivity index (χ0n) is 12.8. The van der Waals surface area contributed by atoms with Gasteiger partial charge in [0.1, 0.15) is 10.4 Å². The highest BCUT2D eigenvalue weighted by molar-refractivity contribution is 6.37. The Morgan fingerprint density at radius 3 is 2.43 bits per heavy atom. The summed E-state index contributed by atoms with van der Waals surface area (Å²) in [7, 11) is 5.98. The smallest absolute Gasteiger partial charge is 0.333 e. The molecule has 0 saturated heterocycles. The summed E-state index contributed by atoms with van der Waals surface area (Å²) in [6, 6.07) is 0. The minimum atomic E-state index is -0.762. The van der Waals surface area contributed by atoms with Crippen LogP contribution in [0.5, 0.6) is 0 Å². The monoisotopic (exact) mass is 340 g/mol. The van der Waals surface area contributed by atoms with E-state index < -0.39 is 26.9 Å². The zero-order valence-corrected chi connectivity index (χ0v) is 13.5. The fourth-order valence-electron chi connectivity index (χ4n) is 1.95. The normalized spacial score (nSPS) is 11.3. The molecule has 0 saturated carbocycles. The number of aliphatic imine (C=N–C) groups is 1. The van der Waals surface area contributed by atoms with Gasteiger partial charge in [0, 0.05) is 28.2 Å². The van der Waals surface area contributed by atoms with Crippen LogP contribution in [0.4, 0.5) is 11.5 Å². The van der Waals surface area contributed by atoms with Gasteiger partial charge in [0.25, 0.3) is 5.56 Å². The number of pyridine rings is 1. The molecule has 0 unspecified atom stereocenters.